The Bertz CT molecular complexity index is 733. The lowest BCUT2D eigenvalue weighted by atomic mass is 10.1. The molecule has 0 aliphatic carbocycles. The Hall–Kier alpha value is -1.60. The van der Waals surface area contributed by atoms with Crippen molar-refractivity contribution in [2.24, 2.45) is 0 Å². The summed E-state index contributed by atoms with van der Waals surface area (Å²) in [4.78, 5) is 12.7. The zero-order valence-electron chi connectivity index (χ0n) is 14.7. The second-order valence-electron chi connectivity index (χ2n) is 6.70. The number of fused-ring (bicyclic) bond motifs is 1. The van der Waals surface area contributed by atoms with Gasteiger partial charge in [-0.1, -0.05) is 13.3 Å². The lowest BCUT2D eigenvalue weighted by Crippen LogP contribution is -2.44. The van der Waals surface area contributed by atoms with Gasteiger partial charge in [-0.2, -0.15) is 4.31 Å². The molecule has 1 saturated heterocycles. The van der Waals surface area contributed by atoms with Gasteiger partial charge in [0.2, 0.25) is 15.9 Å². The van der Waals surface area contributed by atoms with Crippen LogP contribution in [0.15, 0.2) is 18.2 Å². The summed E-state index contributed by atoms with van der Waals surface area (Å²) >= 11 is 0. The SMILES string of the molecule is CCCCS(=O)(=O)N1CCCC1C(=O)Nc1ccc2c(c1)CCCO2. The molecule has 1 aromatic rings. The highest BCUT2D eigenvalue weighted by Crippen LogP contribution is 2.28. The van der Waals surface area contributed by atoms with Gasteiger partial charge < -0.3 is 10.1 Å². The number of hydrogen-bond donors (Lipinski definition) is 1. The fourth-order valence-electron chi connectivity index (χ4n) is 3.44. The summed E-state index contributed by atoms with van der Waals surface area (Å²) < 4.78 is 31.9. The van der Waals surface area contributed by atoms with Gasteiger partial charge in [0.15, 0.2) is 0 Å². The number of unbranched alkanes of at least 4 members (excludes halogenated alkanes) is 1. The molecular weight excluding hydrogens is 340 g/mol. The van der Waals surface area contributed by atoms with Crippen LogP contribution in [0.5, 0.6) is 5.75 Å². The van der Waals surface area contributed by atoms with Gasteiger partial charge in [0, 0.05) is 12.2 Å². The minimum Gasteiger partial charge on any atom is -0.493 e. The molecule has 6 nitrogen and oxygen atoms in total. The number of sulfonamides is 1. The Morgan fingerprint density at radius 2 is 2.20 bits per heavy atom. The van der Waals surface area contributed by atoms with Crippen LogP contribution in [-0.4, -0.2) is 43.6 Å². The molecule has 2 aliphatic rings. The molecule has 1 atom stereocenters. The number of amides is 1. The van der Waals surface area contributed by atoms with Crippen molar-refractivity contribution in [1.82, 2.24) is 4.31 Å². The molecule has 138 valence electrons. The van der Waals surface area contributed by atoms with Crippen molar-refractivity contribution < 1.29 is 17.9 Å². The van der Waals surface area contributed by atoms with Crippen LogP contribution in [0.3, 0.4) is 0 Å². The van der Waals surface area contributed by atoms with Crippen LogP contribution in [0.25, 0.3) is 0 Å². The normalized spacial score (nSPS) is 20.8. The van der Waals surface area contributed by atoms with Crippen LogP contribution in [0, 0.1) is 0 Å². The number of nitrogens with one attached hydrogen (secondary N) is 1. The maximum Gasteiger partial charge on any atom is 0.242 e. The number of carbonyl (C=O) groups is 1. The van der Waals surface area contributed by atoms with E-state index in [9.17, 15) is 13.2 Å². The molecule has 25 heavy (non-hydrogen) atoms. The zero-order valence-corrected chi connectivity index (χ0v) is 15.5. The highest BCUT2D eigenvalue weighted by Gasteiger charge is 2.38. The highest BCUT2D eigenvalue weighted by molar-refractivity contribution is 7.89. The number of anilines is 1. The van der Waals surface area contributed by atoms with Crippen LogP contribution in [0.4, 0.5) is 5.69 Å². The molecule has 0 aromatic heterocycles. The predicted octanol–water partition coefficient (Wildman–Crippen LogP) is 2.54. The van der Waals surface area contributed by atoms with E-state index in [4.69, 9.17) is 4.74 Å². The number of carbonyl (C=O) groups excluding carboxylic acids is 1. The standard InChI is InChI=1S/C18H26N2O4S/c1-2-3-12-25(22,23)20-10-4-7-16(20)18(21)19-15-8-9-17-14(13-15)6-5-11-24-17/h8-9,13,16H,2-7,10-12H2,1H3,(H,19,21). The van der Waals surface area contributed by atoms with Gasteiger partial charge >= 0.3 is 0 Å². The summed E-state index contributed by atoms with van der Waals surface area (Å²) in [6.07, 6.45) is 4.64. The Morgan fingerprint density at radius 1 is 1.36 bits per heavy atom. The first-order chi connectivity index (χ1) is 12.0. The Morgan fingerprint density at radius 3 is 3.00 bits per heavy atom. The summed E-state index contributed by atoms with van der Waals surface area (Å²) in [6.45, 7) is 3.12. The third-order valence-corrected chi connectivity index (χ3v) is 6.75. The largest absolute Gasteiger partial charge is 0.493 e. The van der Waals surface area contributed by atoms with E-state index in [1.807, 2.05) is 25.1 Å². The molecule has 0 spiro atoms. The summed E-state index contributed by atoms with van der Waals surface area (Å²) in [5.41, 5.74) is 1.79. The number of nitrogens with zero attached hydrogens (tertiary/aromatic N) is 1. The Kier molecular flexibility index (Phi) is 5.64. The summed E-state index contributed by atoms with van der Waals surface area (Å²) in [5.74, 6) is 0.742. The van der Waals surface area contributed by atoms with Crippen molar-refractivity contribution in [1.29, 1.82) is 0 Å². The maximum absolute atomic E-state index is 12.7. The second-order valence-corrected chi connectivity index (χ2v) is 8.74. The molecule has 2 heterocycles. The van der Waals surface area contributed by atoms with E-state index in [0.29, 0.717) is 25.1 Å². The molecule has 1 fully saturated rings. The van der Waals surface area contributed by atoms with Crippen LogP contribution in [0.1, 0.15) is 44.6 Å². The smallest absolute Gasteiger partial charge is 0.242 e. The Balaban J connectivity index is 1.70. The van der Waals surface area contributed by atoms with E-state index < -0.39 is 16.1 Å². The minimum atomic E-state index is -3.37. The number of benzene rings is 1. The monoisotopic (exact) mass is 366 g/mol. The van der Waals surface area contributed by atoms with Crippen LogP contribution in [-0.2, 0) is 21.2 Å². The van der Waals surface area contributed by atoms with Gasteiger partial charge in [-0.05, 0) is 55.9 Å². The van der Waals surface area contributed by atoms with Gasteiger partial charge in [0.25, 0.3) is 0 Å². The highest BCUT2D eigenvalue weighted by atomic mass is 32.2. The topological polar surface area (TPSA) is 75.7 Å². The molecule has 7 heteroatoms. The van der Waals surface area contributed by atoms with Gasteiger partial charge in [0.1, 0.15) is 11.8 Å². The first kappa shape index (κ1) is 18.2. The predicted molar refractivity (Wildman–Crippen MR) is 97.3 cm³/mol. The van der Waals surface area contributed by atoms with Crippen LogP contribution in [0.2, 0.25) is 0 Å². The van der Waals surface area contributed by atoms with Crippen LogP contribution >= 0.6 is 0 Å². The van der Waals surface area contributed by atoms with E-state index in [1.54, 1.807) is 0 Å². The summed E-state index contributed by atoms with van der Waals surface area (Å²) in [5, 5.41) is 2.89. The quantitative estimate of drug-likeness (QED) is 0.839. The first-order valence-electron chi connectivity index (χ1n) is 9.07. The van der Waals surface area contributed by atoms with Gasteiger partial charge in [-0.15, -0.1) is 0 Å². The van der Waals surface area contributed by atoms with Gasteiger partial charge in [-0.3, -0.25) is 4.79 Å². The molecule has 2 aliphatic heterocycles. The zero-order chi connectivity index (χ0) is 17.9. The number of ether oxygens (including phenoxy) is 1. The average Bonchev–Trinajstić information content (AvgIpc) is 3.11. The van der Waals surface area contributed by atoms with E-state index >= 15 is 0 Å². The fraction of sp³-hybridized carbons (Fsp3) is 0.611. The van der Waals surface area contributed by atoms with Crippen molar-refractivity contribution in [3.8, 4) is 5.75 Å². The molecular formula is C18H26N2O4S. The van der Waals surface area contributed by atoms with Crippen molar-refractivity contribution in [3.05, 3.63) is 23.8 Å². The van der Waals surface area contributed by atoms with E-state index in [2.05, 4.69) is 5.32 Å². The fourth-order valence-corrected chi connectivity index (χ4v) is 5.33. The number of aryl methyl sites for hydroxylation is 1. The first-order valence-corrected chi connectivity index (χ1v) is 10.7. The average molecular weight is 366 g/mol. The van der Waals surface area contributed by atoms with Crippen molar-refractivity contribution in [2.75, 3.05) is 24.2 Å². The lowest BCUT2D eigenvalue weighted by Gasteiger charge is -2.24. The molecule has 0 saturated carbocycles. The van der Waals surface area contributed by atoms with E-state index in [1.165, 1.54) is 4.31 Å². The minimum absolute atomic E-state index is 0.115. The van der Waals surface area contributed by atoms with E-state index in [-0.39, 0.29) is 11.7 Å². The summed E-state index contributed by atoms with van der Waals surface area (Å²) in [7, 11) is -3.37. The third-order valence-electron chi connectivity index (χ3n) is 4.80. The molecule has 3 rings (SSSR count). The molecule has 1 N–H and O–H groups in total. The Labute approximate surface area is 149 Å². The number of hydrogen-bond acceptors (Lipinski definition) is 4. The van der Waals surface area contributed by atoms with Gasteiger partial charge in [-0.25, -0.2) is 8.42 Å². The van der Waals surface area contributed by atoms with E-state index in [0.717, 1.165) is 43.6 Å². The summed E-state index contributed by atoms with van der Waals surface area (Å²) in [6, 6.07) is 5.01. The van der Waals surface area contributed by atoms with Crippen molar-refractivity contribution in [2.45, 2.75) is 51.5 Å². The molecule has 1 amide bonds. The second kappa shape index (κ2) is 7.74. The molecule has 0 bridgehead atoms. The molecule has 1 unspecified atom stereocenters. The molecule has 1 aromatic carbocycles. The number of rotatable bonds is 6. The maximum atomic E-state index is 12.7. The van der Waals surface area contributed by atoms with Crippen molar-refractivity contribution >= 4 is 21.6 Å². The molecule has 0 radical (unpaired) electrons. The lowest BCUT2D eigenvalue weighted by molar-refractivity contribution is -0.119. The van der Waals surface area contributed by atoms with Crippen LogP contribution < -0.4 is 10.1 Å². The third kappa shape index (κ3) is 4.15. The van der Waals surface area contributed by atoms with Gasteiger partial charge in [0.05, 0.1) is 12.4 Å². The van der Waals surface area contributed by atoms with Crippen molar-refractivity contribution in [3.63, 3.8) is 0 Å².